The lowest BCUT2D eigenvalue weighted by Gasteiger charge is -2.21. The van der Waals surface area contributed by atoms with Gasteiger partial charge in [0.25, 0.3) is 0 Å². The molecule has 0 saturated carbocycles. The van der Waals surface area contributed by atoms with Gasteiger partial charge in [0, 0.05) is 13.5 Å². The smallest absolute Gasteiger partial charge is 0.302 e. The summed E-state index contributed by atoms with van der Waals surface area (Å²) in [6.45, 7) is 9.26. The third-order valence-corrected chi connectivity index (χ3v) is 1.92. The highest BCUT2D eigenvalue weighted by molar-refractivity contribution is 5.66. The van der Waals surface area contributed by atoms with Crippen LogP contribution in [0.15, 0.2) is 0 Å². The van der Waals surface area contributed by atoms with Gasteiger partial charge in [-0.3, -0.25) is 4.79 Å². The summed E-state index contributed by atoms with van der Waals surface area (Å²) in [6.07, 6.45) is 0.184. The minimum atomic E-state index is -0.560. The Balaban J connectivity index is 0. The Bertz CT molecular complexity index is 182. The minimum absolute atomic E-state index is 0.0268. The maximum Gasteiger partial charge on any atom is 0.302 e. The van der Waals surface area contributed by atoms with Crippen LogP contribution in [0.3, 0.4) is 0 Å². The van der Waals surface area contributed by atoms with Crippen LogP contribution in [0.4, 0.5) is 0 Å². The molecule has 2 N–H and O–H groups in total. The molecule has 0 spiro atoms. The van der Waals surface area contributed by atoms with Crippen LogP contribution in [0, 0.1) is 0 Å². The fourth-order valence-corrected chi connectivity index (χ4v) is 1.14. The van der Waals surface area contributed by atoms with Crippen LogP contribution in [0.1, 0.15) is 41.0 Å². The standard InChI is InChI=1S/C9H18O3.C3H8O2/c1-5-9(11-6-2)7(3)12-8(4)10;1-3(5)2-4/h7,9H,5-6H2,1-4H3;3-5H,2H2,1H3. The van der Waals surface area contributed by atoms with Crippen molar-refractivity contribution in [1.82, 2.24) is 0 Å². The topological polar surface area (TPSA) is 76.0 Å². The number of aliphatic hydroxyl groups excluding tert-OH is 2. The molecule has 3 unspecified atom stereocenters. The quantitative estimate of drug-likeness (QED) is 0.691. The predicted molar refractivity (Wildman–Crippen MR) is 65.7 cm³/mol. The highest BCUT2D eigenvalue weighted by atomic mass is 16.6. The fraction of sp³-hybridized carbons (Fsp3) is 0.917. The molecule has 5 nitrogen and oxygen atoms in total. The lowest BCUT2D eigenvalue weighted by Crippen LogP contribution is -2.29. The van der Waals surface area contributed by atoms with Gasteiger partial charge in [0.2, 0.25) is 0 Å². The molecule has 5 heteroatoms. The molecule has 17 heavy (non-hydrogen) atoms. The van der Waals surface area contributed by atoms with Gasteiger partial charge in [-0.05, 0) is 27.2 Å². The maximum atomic E-state index is 10.6. The number of hydrogen-bond acceptors (Lipinski definition) is 5. The number of ether oxygens (including phenoxy) is 2. The summed E-state index contributed by atoms with van der Waals surface area (Å²) in [5.41, 5.74) is 0. The molecule has 0 aliphatic rings. The Labute approximate surface area is 104 Å². The largest absolute Gasteiger partial charge is 0.460 e. The third-order valence-electron chi connectivity index (χ3n) is 1.92. The lowest BCUT2D eigenvalue weighted by molar-refractivity contribution is -0.153. The molecule has 0 aliphatic carbocycles. The molecule has 0 fully saturated rings. The zero-order valence-electron chi connectivity index (χ0n) is 11.5. The van der Waals surface area contributed by atoms with E-state index >= 15 is 0 Å². The number of aliphatic hydroxyl groups is 2. The van der Waals surface area contributed by atoms with Gasteiger partial charge >= 0.3 is 5.97 Å². The highest BCUT2D eigenvalue weighted by Gasteiger charge is 2.17. The fourth-order valence-electron chi connectivity index (χ4n) is 1.14. The molecule has 0 aromatic carbocycles. The number of rotatable bonds is 6. The SMILES string of the molecule is CC(O)CO.CCOC(CC)C(C)OC(C)=O. The van der Waals surface area contributed by atoms with Gasteiger partial charge in [0.05, 0.1) is 18.8 Å². The number of hydrogen-bond donors (Lipinski definition) is 2. The molecule has 0 aromatic heterocycles. The summed E-state index contributed by atoms with van der Waals surface area (Å²) >= 11 is 0. The van der Waals surface area contributed by atoms with Crippen LogP contribution in [0.5, 0.6) is 0 Å². The minimum Gasteiger partial charge on any atom is -0.460 e. The van der Waals surface area contributed by atoms with Gasteiger partial charge in [-0.15, -0.1) is 0 Å². The van der Waals surface area contributed by atoms with Gasteiger partial charge in [0.15, 0.2) is 0 Å². The Morgan fingerprint density at radius 2 is 1.76 bits per heavy atom. The van der Waals surface area contributed by atoms with E-state index in [2.05, 4.69) is 0 Å². The summed E-state index contributed by atoms with van der Waals surface area (Å²) in [4.78, 5) is 10.6. The molecule has 0 bridgehead atoms. The maximum absolute atomic E-state index is 10.6. The molecule has 104 valence electrons. The Kier molecular flexibility index (Phi) is 13.0. The van der Waals surface area contributed by atoms with Crippen molar-refractivity contribution in [1.29, 1.82) is 0 Å². The van der Waals surface area contributed by atoms with Crippen molar-refractivity contribution in [2.75, 3.05) is 13.2 Å². The monoisotopic (exact) mass is 250 g/mol. The van der Waals surface area contributed by atoms with Crippen LogP contribution in [-0.2, 0) is 14.3 Å². The van der Waals surface area contributed by atoms with Crippen LogP contribution >= 0.6 is 0 Å². The van der Waals surface area contributed by atoms with E-state index in [9.17, 15) is 4.79 Å². The summed E-state index contributed by atoms with van der Waals surface area (Å²) < 4.78 is 10.4. The Hall–Kier alpha value is -0.650. The van der Waals surface area contributed by atoms with Crippen molar-refractivity contribution in [2.24, 2.45) is 0 Å². The van der Waals surface area contributed by atoms with Gasteiger partial charge in [-0.2, -0.15) is 0 Å². The number of esters is 1. The molecule has 0 amide bonds. The first-order valence-corrected chi connectivity index (χ1v) is 5.96. The van der Waals surface area contributed by atoms with Crippen molar-refractivity contribution in [3.8, 4) is 0 Å². The van der Waals surface area contributed by atoms with Gasteiger partial charge in [-0.1, -0.05) is 6.92 Å². The first-order chi connectivity index (χ1) is 7.88. The van der Waals surface area contributed by atoms with Gasteiger partial charge < -0.3 is 19.7 Å². The lowest BCUT2D eigenvalue weighted by atomic mass is 10.2. The zero-order valence-corrected chi connectivity index (χ0v) is 11.5. The van der Waals surface area contributed by atoms with E-state index in [0.717, 1.165) is 6.42 Å². The van der Waals surface area contributed by atoms with Crippen LogP contribution in [-0.4, -0.2) is 47.7 Å². The number of carbonyl (C=O) groups is 1. The van der Waals surface area contributed by atoms with Crippen molar-refractivity contribution in [3.05, 3.63) is 0 Å². The zero-order chi connectivity index (χ0) is 13.8. The average molecular weight is 250 g/mol. The molecule has 0 heterocycles. The molecule has 0 aliphatic heterocycles. The van der Waals surface area contributed by atoms with E-state index in [1.165, 1.54) is 13.8 Å². The van der Waals surface area contributed by atoms with E-state index in [1.807, 2.05) is 20.8 Å². The highest BCUT2D eigenvalue weighted by Crippen LogP contribution is 2.07. The summed E-state index contributed by atoms with van der Waals surface area (Å²) in [5.74, 6) is -0.249. The van der Waals surface area contributed by atoms with E-state index in [0.29, 0.717) is 6.61 Å². The first-order valence-electron chi connectivity index (χ1n) is 5.96. The predicted octanol–water partition coefficient (Wildman–Crippen LogP) is 1.11. The van der Waals surface area contributed by atoms with E-state index in [4.69, 9.17) is 19.7 Å². The summed E-state index contributed by atoms with van der Waals surface area (Å²) in [5, 5.41) is 16.0. The van der Waals surface area contributed by atoms with Gasteiger partial charge in [0.1, 0.15) is 6.10 Å². The first kappa shape index (κ1) is 18.7. The van der Waals surface area contributed by atoms with Crippen LogP contribution in [0.25, 0.3) is 0 Å². The van der Waals surface area contributed by atoms with E-state index < -0.39 is 6.10 Å². The molecule has 0 rings (SSSR count). The molecular weight excluding hydrogens is 224 g/mol. The van der Waals surface area contributed by atoms with Crippen LogP contribution in [0.2, 0.25) is 0 Å². The molecule has 0 aromatic rings. The average Bonchev–Trinajstić information content (AvgIpc) is 2.25. The Morgan fingerprint density at radius 3 is 2.00 bits per heavy atom. The van der Waals surface area contributed by atoms with Crippen molar-refractivity contribution in [3.63, 3.8) is 0 Å². The third kappa shape index (κ3) is 13.3. The van der Waals surface area contributed by atoms with Gasteiger partial charge in [-0.25, -0.2) is 0 Å². The number of carbonyl (C=O) groups excluding carboxylic acids is 1. The molecule has 0 saturated heterocycles. The Morgan fingerprint density at radius 1 is 1.29 bits per heavy atom. The van der Waals surface area contributed by atoms with Crippen LogP contribution < -0.4 is 0 Å². The van der Waals surface area contributed by atoms with E-state index in [-0.39, 0.29) is 24.8 Å². The second-order valence-corrected chi connectivity index (χ2v) is 3.75. The molecule has 0 radical (unpaired) electrons. The summed E-state index contributed by atoms with van der Waals surface area (Å²) in [6, 6.07) is 0. The van der Waals surface area contributed by atoms with Crippen molar-refractivity contribution < 1.29 is 24.5 Å². The summed E-state index contributed by atoms with van der Waals surface area (Å²) in [7, 11) is 0. The molecule has 3 atom stereocenters. The second kappa shape index (κ2) is 11.8. The molecular formula is C12H26O5. The van der Waals surface area contributed by atoms with Crippen molar-refractivity contribution >= 4 is 5.97 Å². The van der Waals surface area contributed by atoms with Crippen molar-refractivity contribution in [2.45, 2.75) is 59.4 Å². The second-order valence-electron chi connectivity index (χ2n) is 3.75. The van der Waals surface area contributed by atoms with E-state index in [1.54, 1.807) is 0 Å². The normalized spacial score (nSPS) is 15.2.